The number of nitrogens with one attached hydrogen (secondary N) is 1. The smallest absolute Gasteiger partial charge is 0.0625 e. The highest BCUT2D eigenvalue weighted by Gasteiger charge is 2.27. The van der Waals surface area contributed by atoms with Gasteiger partial charge >= 0.3 is 0 Å². The minimum Gasteiger partial charge on any atom is -0.311 e. The highest BCUT2D eigenvalue weighted by Crippen LogP contribution is 2.18. The number of nitrogens with zero attached hydrogens (tertiary/aromatic N) is 3. The number of aromatic nitrogens is 2. The number of aryl methyl sites for hydroxylation is 2. The molecule has 1 aromatic rings. The molecule has 0 aliphatic carbocycles. The molecule has 1 aromatic heterocycles. The Balaban J connectivity index is 2.04. The van der Waals surface area contributed by atoms with E-state index in [0.717, 1.165) is 32.0 Å². The lowest BCUT2D eigenvalue weighted by Gasteiger charge is -2.40. The number of piperazine rings is 1. The standard InChI is InChI=1S/C17H32N4/c1-6-14-9-17(20(5)19-14)12-21-11-15(8-13(3)4)18-10-16(21)7-2/h9,13,15-16,18H,6-8,10-12H2,1-5H3. The molecule has 1 aliphatic heterocycles. The molecule has 0 saturated carbocycles. The maximum Gasteiger partial charge on any atom is 0.0625 e. The van der Waals surface area contributed by atoms with Crippen LogP contribution in [0.15, 0.2) is 6.07 Å². The first-order valence-electron chi connectivity index (χ1n) is 8.52. The Bertz CT molecular complexity index is 438. The summed E-state index contributed by atoms with van der Waals surface area (Å²) in [5.41, 5.74) is 2.55. The number of hydrogen-bond donors (Lipinski definition) is 1. The maximum absolute atomic E-state index is 4.59. The molecule has 1 fully saturated rings. The second-order valence-electron chi connectivity index (χ2n) is 6.83. The van der Waals surface area contributed by atoms with Gasteiger partial charge in [0.25, 0.3) is 0 Å². The van der Waals surface area contributed by atoms with Gasteiger partial charge in [0.15, 0.2) is 0 Å². The molecule has 21 heavy (non-hydrogen) atoms. The summed E-state index contributed by atoms with van der Waals surface area (Å²) in [5.74, 6) is 0.755. The molecule has 0 spiro atoms. The molecular formula is C17H32N4. The van der Waals surface area contributed by atoms with Gasteiger partial charge in [0.05, 0.1) is 11.4 Å². The molecule has 0 bridgehead atoms. The van der Waals surface area contributed by atoms with Crippen molar-refractivity contribution in [1.82, 2.24) is 20.0 Å². The van der Waals surface area contributed by atoms with Crippen LogP contribution in [0.1, 0.15) is 51.9 Å². The van der Waals surface area contributed by atoms with Crippen molar-refractivity contribution in [1.29, 1.82) is 0 Å². The lowest BCUT2D eigenvalue weighted by atomic mass is 9.99. The first-order valence-corrected chi connectivity index (χ1v) is 8.52. The predicted molar refractivity (Wildman–Crippen MR) is 88.3 cm³/mol. The molecule has 0 aromatic carbocycles. The maximum atomic E-state index is 4.59. The molecule has 0 amide bonds. The first-order chi connectivity index (χ1) is 10.0. The fourth-order valence-electron chi connectivity index (χ4n) is 3.35. The molecule has 4 heteroatoms. The Morgan fingerprint density at radius 1 is 1.38 bits per heavy atom. The van der Waals surface area contributed by atoms with Crippen LogP contribution in [0.2, 0.25) is 0 Å². The van der Waals surface area contributed by atoms with Crippen molar-refractivity contribution >= 4 is 0 Å². The zero-order valence-electron chi connectivity index (χ0n) is 14.4. The summed E-state index contributed by atoms with van der Waals surface area (Å²) >= 11 is 0. The van der Waals surface area contributed by atoms with E-state index in [1.807, 2.05) is 0 Å². The average Bonchev–Trinajstić information content (AvgIpc) is 2.79. The minimum absolute atomic E-state index is 0.631. The fourth-order valence-corrected chi connectivity index (χ4v) is 3.35. The normalized spacial score (nSPS) is 23.9. The first kappa shape index (κ1) is 16.5. The van der Waals surface area contributed by atoms with Gasteiger partial charge in [0.1, 0.15) is 0 Å². The summed E-state index contributed by atoms with van der Waals surface area (Å²) in [6.07, 6.45) is 3.49. The fraction of sp³-hybridized carbons (Fsp3) is 0.824. The number of hydrogen-bond acceptors (Lipinski definition) is 3. The van der Waals surface area contributed by atoms with E-state index in [-0.39, 0.29) is 0 Å². The van der Waals surface area contributed by atoms with Gasteiger partial charge in [-0.05, 0) is 31.2 Å². The second-order valence-corrected chi connectivity index (χ2v) is 6.83. The van der Waals surface area contributed by atoms with Gasteiger partial charge in [-0.3, -0.25) is 9.58 Å². The van der Waals surface area contributed by atoms with Crippen LogP contribution in [0.5, 0.6) is 0 Å². The Morgan fingerprint density at radius 2 is 2.14 bits per heavy atom. The van der Waals surface area contributed by atoms with E-state index in [4.69, 9.17) is 0 Å². The van der Waals surface area contributed by atoms with Crippen LogP contribution in [0.3, 0.4) is 0 Å². The van der Waals surface area contributed by atoms with E-state index < -0.39 is 0 Å². The summed E-state index contributed by atoms with van der Waals surface area (Å²) in [7, 11) is 2.07. The van der Waals surface area contributed by atoms with Crippen LogP contribution in [-0.2, 0) is 20.0 Å². The van der Waals surface area contributed by atoms with E-state index in [1.165, 1.54) is 24.2 Å². The van der Waals surface area contributed by atoms with Gasteiger partial charge in [-0.1, -0.05) is 27.7 Å². The van der Waals surface area contributed by atoms with Crippen LogP contribution in [0.25, 0.3) is 0 Å². The second kappa shape index (κ2) is 7.41. The topological polar surface area (TPSA) is 33.1 Å². The Morgan fingerprint density at radius 3 is 2.71 bits per heavy atom. The van der Waals surface area contributed by atoms with Crippen molar-refractivity contribution in [3.8, 4) is 0 Å². The molecule has 1 saturated heterocycles. The average molecular weight is 292 g/mol. The summed E-state index contributed by atoms with van der Waals surface area (Å²) in [6, 6.07) is 3.55. The van der Waals surface area contributed by atoms with Crippen LogP contribution >= 0.6 is 0 Å². The molecule has 1 aliphatic rings. The summed E-state index contributed by atoms with van der Waals surface area (Å²) in [6.45, 7) is 12.4. The summed E-state index contributed by atoms with van der Waals surface area (Å²) in [4.78, 5) is 2.65. The van der Waals surface area contributed by atoms with E-state index in [0.29, 0.717) is 12.1 Å². The van der Waals surface area contributed by atoms with E-state index in [9.17, 15) is 0 Å². The molecule has 2 unspecified atom stereocenters. The van der Waals surface area contributed by atoms with Crippen molar-refractivity contribution in [2.75, 3.05) is 13.1 Å². The van der Waals surface area contributed by atoms with Crippen LogP contribution in [-0.4, -0.2) is 39.9 Å². The lowest BCUT2D eigenvalue weighted by molar-refractivity contribution is 0.108. The molecule has 120 valence electrons. The molecule has 2 atom stereocenters. The van der Waals surface area contributed by atoms with Crippen LogP contribution in [0, 0.1) is 5.92 Å². The lowest BCUT2D eigenvalue weighted by Crippen LogP contribution is -2.56. The van der Waals surface area contributed by atoms with E-state index in [2.05, 4.69) is 60.8 Å². The zero-order chi connectivity index (χ0) is 15.4. The summed E-state index contributed by atoms with van der Waals surface area (Å²) in [5, 5.41) is 8.32. The Hall–Kier alpha value is -0.870. The molecule has 1 N–H and O–H groups in total. The molecule has 4 nitrogen and oxygen atoms in total. The predicted octanol–water partition coefficient (Wildman–Crippen LogP) is 2.58. The SMILES string of the molecule is CCc1cc(CN2CC(CC(C)C)NCC2CC)n(C)n1. The van der Waals surface area contributed by atoms with Crippen molar-refractivity contribution in [2.45, 2.75) is 65.6 Å². The van der Waals surface area contributed by atoms with Gasteiger partial charge in [-0.15, -0.1) is 0 Å². The Labute approximate surface area is 129 Å². The van der Waals surface area contributed by atoms with Crippen molar-refractivity contribution < 1.29 is 0 Å². The van der Waals surface area contributed by atoms with Crippen molar-refractivity contribution in [3.05, 3.63) is 17.5 Å². The minimum atomic E-state index is 0.631. The largest absolute Gasteiger partial charge is 0.311 e. The number of rotatable bonds is 6. The molecule has 2 heterocycles. The quantitative estimate of drug-likeness (QED) is 0.875. The van der Waals surface area contributed by atoms with E-state index in [1.54, 1.807) is 0 Å². The zero-order valence-corrected chi connectivity index (χ0v) is 14.4. The third-order valence-electron chi connectivity index (χ3n) is 4.60. The third kappa shape index (κ3) is 4.30. The van der Waals surface area contributed by atoms with E-state index >= 15 is 0 Å². The van der Waals surface area contributed by atoms with Gasteiger partial charge in [-0.2, -0.15) is 5.10 Å². The van der Waals surface area contributed by atoms with Gasteiger partial charge in [0.2, 0.25) is 0 Å². The van der Waals surface area contributed by atoms with Crippen LogP contribution in [0.4, 0.5) is 0 Å². The van der Waals surface area contributed by atoms with Crippen molar-refractivity contribution in [2.24, 2.45) is 13.0 Å². The van der Waals surface area contributed by atoms with Crippen LogP contribution < -0.4 is 5.32 Å². The van der Waals surface area contributed by atoms with Gasteiger partial charge in [0, 0.05) is 38.8 Å². The summed E-state index contributed by atoms with van der Waals surface area (Å²) < 4.78 is 2.06. The molecule has 0 radical (unpaired) electrons. The van der Waals surface area contributed by atoms with Gasteiger partial charge in [-0.25, -0.2) is 0 Å². The Kier molecular flexibility index (Phi) is 5.82. The third-order valence-corrected chi connectivity index (χ3v) is 4.60. The van der Waals surface area contributed by atoms with Crippen molar-refractivity contribution in [3.63, 3.8) is 0 Å². The van der Waals surface area contributed by atoms with Gasteiger partial charge < -0.3 is 5.32 Å². The highest BCUT2D eigenvalue weighted by molar-refractivity contribution is 5.10. The highest BCUT2D eigenvalue weighted by atomic mass is 15.3. The monoisotopic (exact) mass is 292 g/mol. The molecular weight excluding hydrogens is 260 g/mol. The molecule has 2 rings (SSSR count).